The summed E-state index contributed by atoms with van der Waals surface area (Å²) in [6.07, 6.45) is 6.53. The van der Waals surface area contributed by atoms with E-state index >= 15 is 0 Å². The molecule has 1 fully saturated rings. The number of amides is 2. The molecule has 0 unspecified atom stereocenters. The fourth-order valence-corrected chi connectivity index (χ4v) is 6.96. The molecule has 0 aliphatic heterocycles. The molecule has 0 saturated heterocycles. The molecule has 0 bridgehead atoms. The molecule has 0 aromatic heterocycles. The number of aryl methyl sites for hydroxylation is 2. The van der Waals surface area contributed by atoms with Gasteiger partial charge in [0, 0.05) is 23.5 Å². The van der Waals surface area contributed by atoms with Crippen LogP contribution in [0, 0.1) is 13.8 Å². The van der Waals surface area contributed by atoms with Gasteiger partial charge in [-0.2, -0.15) is 0 Å². The summed E-state index contributed by atoms with van der Waals surface area (Å²) < 4.78 is 28.1. The molecule has 2 amide bonds. The Hall–Kier alpha value is -3.17. The van der Waals surface area contributed by atoms with Gasteiger partial charge in [0.05, 0.1) is 11.9 Å². The van der Waals surface area contributed by atoms with Crippen LogP contribution in [0.4, 0.5) is 5.69 Å². The number of sulfonamides is 1. The molecule has 0 radical (unpaired) electrons. The number of anilines is 1. The van der Waals surface area contributed by atoms with Crippen LogP contribution < -0.4 is 9.62 Å². The second kappa shape index (κ2) is 14.3. The minimum Gasteiger partial charge on any atom is -0.352 e. The monoisotopic (exact) mass is 653 g/mol. The summed E-state index contributed by atoms with van der Waals surface area (Å²) in [5, 5.41) is 3.23. The highest BCUT2D eigenvalue weighted by molar-refractivity contribution is 9.10. The van der Waals surface area contributed by atoms with Crippen molar-refractivity contribution < 1.29 is 18.0 Å². The minimum absolute atomic E-state index is 0.0649. The van der Waals surface area contributed by atoms with Gasteiger partial charge in [0.1, 0.15) is 12.6 Å². The summed E-state index contributed by atoms with van der Waals surface area (Å²) in [7, 11) is -3.81. The van der Waals surface area contributed by atoms with Crippen molar-refractivity contribution in [3.05, 3.63) is 99.5 Å². The zero-order chi connectivity index (χ0) is 30.3. The molecule has 1 aliphatic rings. The predicted octanol–water partition coefficient (Wildman–Crippen LogP) is 5.92. The van der Waals surface area contributed by atoms with Gasteiger partial charge in [-0.05, 0) is 61.6 Å². The standard InChI is InChI=1S/C33H40BrN3O4S/c1-24-17-18-30(25(2)19-24)37(42(3,40)41)23-32(38)36(22-27-13-10-14-28(34)20-27)31(21-26-11-6-4-7-12-26)33(39)35-29-15-8-5-9-16-29/h4,6-7,10-14,17-20,29,31H,5,8-9,15-16,21-23H2,1-3H3,(H,35,39)/t31-/m0/s1. The average molecular weight is 655 g/mol. The van der Waals surface area contributed by atoms with Crippen molar-refractivity contribution in [2.75, 3.05) is 17.1 Å². The van der Waals surface area contributed by atoms with E-state index in [-0.39, 0.29) is 18.5 Å². The van der Waals surface area contributed by atoms with Crippen LogP contribution in [-0.2, 0) is 32.6 Å². The van der Waals surface area contributed by atoms with Crippen LogP contribution in [0.2, 0.25) is 0 Å². The molecule has 0 spiro atoms. The van der Waals surface area contributed by atoms with Crippen LogP contribution >= 0.6 is 15.9 Å². The molecular weight excluding hydrogens is 614 g/mol. The smallest absolute Gasteiger partial charge is 0.244 e. The first kappa shape index (κ1) is 31.8. The third-order valence-electron chi connectivity index (χ3n) is 7.76. The van der Waals surface area contributed by atoms with Crippen molar-refractivity contribution in [1.29, 1.82) is 0 Å². The van der Waals surface area contributed by atoms with Gasteiger partial charge < -0.3 is 10.2 Å². The van der Waals surface area contributed by atoms with E-state index in [2.05, 4.69) is 21.2 Å². The molecule has 42 heavy (non-hydrogen) atoms. The molecule has 3 aromatic rings. The van der Waals surface area contributed by atoms with Crippen LogP contribution in [0.5, 0.6) is 0 Å². The number of benzene rings is 3. The summed E-state index contributed by atoms with van der Waals surface area (Å²) in [6, 6.07) is 21.9. The van der Waals surface area contributed by atoms with Crippen molar-refractivity contribution >= 4 is 43.5 Å². The van der Waals surface area contributed by atoms with Crippen molar-refractivity contribution in [3.63, 3.8) is 0 Å². The van der Waals surface area contributed by atoms with E-state index in [1.807, 2.05) is 80.6 Å². The lowest BCUT2D eigenvalue weighted by atomic mass is 9.94. The van der Waals surface area contributed by atoms with E-state index in [4.69, 9.17) is 0 Å². The minimum atomic E-state index is -3.81. The van der Waals surface area contributed by atoms with Gasteiger partial charge in [0.25, 0.3) is 0 Å². The van der Waals surface area contributed by atoms with Crippen LogP contribution in [0.25, 0.3) is 0 Å². The zero-order valence-electron chi connectivity index (χ0n) is 24.6. The molecule has 7 nitrogen and oxygen atoms in total. The highest BCUT2D eigenvalue weighted by Crippen LogP contribution is 2.25. The van der Waals surface area contributed by atoms with Crippen LogP contribution in [0.1, 0.15) is 54.4 Å². The number of nitrogens with one attached hydrogen (secondary N) is 1. The Kier molecular flexibility index (Phi) is 10.8. The molecule has 0 heterocycles. The Labute approximate surface area is 258 Å². The van der Waals surface area contributed by atoms with Gasteiger partial charge in [-0.1, -0.05) is 95.4 Å². The number of rotatable bonds is 11. The lowest BCUT2D eigenvalue weighted by Gasteiger charge is -2.35. The van der Waals surface area contributed by atoms with E-state index in [1.165, 1.54) is 0 Å². The third kappa shape index (κ3) is 8.67. The predicted molar refractivity (Wildman–Crippen MR) is 172 cm³/mol. The largest absolute Gasteiger partial charge is 0.352 e. The van der Waals surface area contributed by atoms with Crippen molar-refractivity contribution in [2.45, 2.75) is 71.0 Å². The number of hydrogen-bond donors (Lipinski definition) is 1. The number of carbonyl (C=O) groups excluding carboxylic acids is 2. The molecule has 3 aromatic carbocycles. The Morgan fingerprint density at radius 3 is 2.26 bits per heavy atom. The quantitative estimate of drug-likeness (QED) is 0.278. The van der Waals surface area contributed by atoms with Crippen molar-refractivity contribution in [1.82, 2.24) is 10.2 Å². The Morgan fingerprint density at radius 2 is 1.62 bits per heavy atom. The van der Waals surface area contributed by atoms with Crippen molar-refractivity contribution in [3.8, 4) is 0 Å². The maximum atomic E-state index is 14.3. The number of carbonyl (C=O) groups is 2. The van der Waals surface area contributed by atoms with E-state index in [0.29, 0.717) is 12.1 Å². The van der Waals surface area contributed by atoms with Crippen LogP contribution in [0.3, 0.4) is 0 Å². The summed E-state index contributed by atoms with van der Waals surface area (Å²) in [6.45, 7) is 3.50. The van der Waals surface area contributed by atoms with Gasteiger partial charge in [-0.3, -0.25) is 13.9 Å². The number of nitrogens with zero attached hydrogens (tertiary/aromatic N) is 2. The fraction of sp³-hybridized carbons (Fsp3) is 0.394. The number of halogens is 1. The Bertz CT molecular complexity index is 1490. The molecule has 1 atom stereocenters. The second-order valence-electron chi connectivity index (χ2n) is 11.3. The van der Waals surface area contributed by atoms with Gasteiger partial charge in [-0.25, -0.2) is 8.42 Å². The lowest BCUT2D eigenvalue weighted by Crippen LogP contribution is -2.55. The SMILES string of the molecule is Cc1ccc(N(CC(=O)N(Cc2cccc(Br)c2)[C@@H](Cc2ccccc2)C(=O)NC2CCCCC2)S(C)(=O)=O)c(C)c1. The van der Waals surface area contributed by atoms with Crippen LogP contribution in [-0.4, -0.2) is 50.0 Å². The highest BCUT2D eigenvalue weighted by atomic mass is 79.9. The molecule has 1 N–H and O–H groups in total. The Balaban J connectivity index is 1.74. The van der Waals surface area contributed by atoms with Gasteiger partial charge >= 0.3 is 0 Å². The molecule has 4 rings (SSSR count). The second-order valence-corrected chi connectivity index (χ2v) is 14.1. The first-order chi connectivity index (χ1) is 20.0. The summed E-state index contributed by atoms with van der Waals surface area (Å²) in [5.74, 6) is -0.661. The fourth-order valence-electron chi connectivity index (χ4n) is 5.61. The van der Waals surface area contributed by atoms with E-state index in [9.17, 15) is 18.0 Å². The average Bonchev–Trinajstić information content (AvgIpc) is 2.94. The van der Waals surface area contributed by atoms with Gasteiger partial charge in [0.2, 0.25) is 21.8 Å². The lowest BCUT2D eigenvalue weighted by molar-refractivity contribution is -0.140. The summed E-state index contributed by atoms with van der Waals surface area (Å²) >= 11 is 3.52. The van der Waals surface area contributed by atoms with Gasteiger partial charge in [0.15, 0.2) is 0 Å². The molecule has 9 heteroatoms. The van der Waals surface area contributed by atoms with Crippen molar-refractivity contribution in [2.24, 2.45) is 0 Å². The Morgan fingerprint density at radius 1 is 0.929 bits per heavy atom. The first-order valence-corrected chi connectivity index (χ1v) is 17.1. The van der Waals surface area contributed by atoms with E-state index < -0.39 is 28.5 Å². The van der Waals surface area contributed by atoms with E-state index in [1.54, 1.807) is 11.0 Å². The first-order valence-electron chi connectivity index (χ1n) is 14.4. The maximum absolute atomic E-state index is 14.3. The van der Waals surface area contributed by atoms with Gasteiger partial charge in [-0.15, -0.1) is 0 Å². The third-order valence-corrected chi connectivity index (χ3v) is 9.38. The molecule has 224 valence electrons. The molecule has 1 aliphatic carbocycles. The van der Waals surface area contributed by atoms with Crippen LogP contribution in [0.15, 0.2) is 77.3 Å². The molecular formula is C33H40BrN3O4S. The normalized spacial score (nSPS) is 14.7. The number of hydrogen-bond acceptors (Lipinski definition) is 4. The molecule has 1 saturated carbocycles. The topological polar surface area (TPSA) is 86.8 Å². The zero-order valence-corrected chi connectivity index (χ0v) is 27.0. The highest BCUT2D eigenvalue weighted by Gasteiger charge is 2.34. The summed E-state index contributed by atoms with van der Waals surface area (Å²) in [4.78, 5) is 29.9. The van der Waals surface area contributed by atoms with E-state index in [0.717, 1.165) is 69.4 Å². The maximum Gasteiger partial charge on any atom is 0.244 e. The summed E-state index contributed by atoms with van der Waals surface area (Å²) in [5.41, 5.74) is 3.95.